The number of rotatable bonds is 10. The lowest BCUT2D eigenvalue weighted by Gasteiger charge is -2.19. The third-order valence-electron chi connectivity index (χ3n) is 4.78. The molecule has 0 aromatic heterocycles. The first-order valence-corrected chi connectivity index (χ1v) is 9.90. The molecular weight excluding hydrogens is 350 g/mol. The largest absolute Gasteiger partial charge is 0.352 e. The molecule has 0 bridgehead atoms. The highest BCUT2D eigenvalue weighted by Gasteiger charge is 2.16. The molecule has 0 aliphatic carbocycles. The van der Waals surface area contributed by atoms with Crippen LogP contribution in [0.25, 0.3) is 0 Å². The molecule has 0 unspecified atom stereocenters. The summed E-state index contributed by atoms with van der Waals surface area (Å²) in [5.41, 5.74) is 3.26. The Hall–Kier alpha value is -2.66. The average Bonchev–Trinajstić information content (AvgIpc) is 2.71. The molecule has 150 valence electrons. The van der Waals surface area contributed by atoms with Gasteiger partial charge in [-0.05, 0) is 29.8 Å². The molecule has 2 aromatic carbocycles. The minimum absolute atomic E-state index is 0.0881. The van der Waals surface area contributed by atoms with Gasteiger partial charge in [-0.15, -0.1) is 0 Å². The van der Waals surface area contributed by atoms with Crippen molar-refractivity contribution in [2.45, 2.75) is 46.3 Å². The van der Waals surface area contributed by atoms with E-state index in [4.69, 9.17) is 0 Å². The number of hydrogen-bond donors (Lipinski definition) is 2. The first-order valence-electron chi connectivity index (χ1n) is 9.90. The van der Waals surface area contributed by atoms with E-state index >= 15 is 0 Å². The van der Waals surface area contributed by atoms with Crippen LogP contribution in [0.1, 0.15) is 49.9 Å². The van der Waals surface area contributed by atoms with E-state index in [1.54, 1.807) is 0 Å². The molecule has 5 heteroatoms. The van der Waals surface area contributed by atoms with Gasteiger partial charge in [-0.2, -0.15) is 0 Å². The Labute approximate surface area is 168 Å². The van der Waals surface area contributed by atoms with Gasteiger partial charge in [0.25, 0.3) is 0 Å². The van der Waals surface area contributed by atoms with Crippen molar-refractivity contribution in [2.24, 2.45) is 0 Å². The van der Waals surface area contributed by atoms with Gasteiger partial charge in [-0.25, -0.2) is 0 Å². The van der Waals surface area contributed by atoms with E-state index < -0.39 is 0 Å². The Morgan fingerprint density at radius 3 is 2.11 bits per heavy atom. The molecule has 0 aliphatic heterocycles. The van der Waals surface area contributed by atoms with Gasteiger partial charge in [0.1, 0.15) is 0 Å². The number of benzene rings is 2. The van der Waals surface area contributed by atoms with E-state index in [-0.39, 0.29) is 24.3 Å². The molecule has 0 aliphatic rings. The Bertz CT molecular complexity index is 740. The lowest BCUT2D eigenvalue weighted by Crippen LogP contribution is -2.32. The van der Waals surface area contributed by atoms with E-state index in [0.29, 0.717) is 6.54 Å². The van der Waals surface area contributed by atoms with Crippen LogP contribution in [-0.2, 0) is 22.7 Å². The lowest BCUT2D eigenvalue weighted by molar-refractivity contribution is -0.122. The number of nitrogens with one attached hydrogen (secondary N) is 2. The first kappa shape index (κ1) is 21.6. The molecule has 0 spiro atoms. The molecule has 2 N–H and O–H groups in total. The fourth-order valence-corrected chi connectivity index (χ4v) is 3.11. The Morgan fingerprint density at radius 1 is 0.929 bits per heavy atom. The topological polar surface area (TPSA) is 61.4 Å². The van der Waals surface area contributed by atoms with Gasteiger partial charge < -0.3 is 10.6 Å². The zero-order chi connectivity index (χ0) is 20.4. The summed E-state index contributed by atoms with van der Waals surface area (Å²) in [5, 5.41) is 5.81. The summed E-state index contributed by atoms with van der Waals surface area (Å²) >= 11 is 0. The average molecular weight is 382 g/mol. The van der Waals surface area contributed by atoms with Crippen LogP contribution in [-0.4, -0.2) is 29.8 Å². The highest BCUT2D eigenvalue weighted by molar-refractivity contribution is 5.79. The van der Waals surface area contributed by atoms with Crippen LogP contribution in [0.2, 0.25) is 0 Å². The quantitative estimate of drug-likeness (QED) is 0.663. The molecule has 2 rings (SSSR count). The number of hydrogen-bond acceptors (Lipinski definition) is 3. The maximum absolute atomic E-state index is 12.4. The predicted molar refractivity (Wildman–Crippen MR) is 113 cm³/mol. The van der Waals surface area contributed by atoms with Crippen LogP contribution in [0.5, 0.6) is 0 Å². The highest BCUT2D eigenvalue weighted by atomic mass is 16.2. The molecule has 0 saturated carbocycles. The van der Waals surface area contributed by atoms with Crippen molar-refractivity contribution in [1.82, 2.24) is 15.5 Å². The van der Waals surface area contributed by atoms with Gasteiger partial charge in [-0.3, -0.25) is 14.5 Å². The van der Waals surface area contributed by atoms with Crippen molar-refractivity contribution < 1.29 is 9.59 Å². The van der Waals surface area contributed by atoms with Crippen molar-refractivity contribution in [1.29, 1.82) is 0 Å². The number of nitrogens with zero attached hydrogens (tertiary/aromatic N) is 1. The predicted octanol–water partition coefficient (Wildman–Crippen LogP) is 3.41. The second-order valence-electron chi connectivity index (χ2n) is 6.92. The molecule has 2 aromatic rings. The van der Waals surface area contributed by atoms with Gasteiger partial charge >= 0.3 is 0 Å². The Morgan fingerprint density at radius 2 is 1.54 bits per heavy atom. The second-order valence-corrected chi connectivity index (χ2v) is 6.92. The smallest absolute Gasteiger partial charge is 0.222 e. The first-order chi connectivity index (χ1) is 13.5. The van der Waals surface area contributed by atoms with E-state index in [1.165, 1.54) is 12.5 Å². The number of carbonyl (C=O) groups is 2. The highest BCUT2D eigenvalue weighted by Crippen LogP contribution is 2.16. The Kier molecular flexibility index (Phi) is 8.69. The van der Waals surface area contributed by atoms with E-state index in [9.17, 15) is 9.59 Å². The van der Waals surface area contributed by atoms with Crippen molar-refractivity contribution in [3.63, 3.8) is 0 Å². The SMILES string of the molecule is CCN(CC)Cc1ccc(CNC(=O)C[C@H](NC(C)=O)c2ccccc2)cc1. The van der Waals surface area contributed by atoms with E-state index in [2.05, 4.69) is 53.6 Å². The van der Waals surface area contributed by atoms with Crippen LogP contribution in [0, 0.1) is 0 Å². The third kappa shape index (κ3) is 7.16. The second kappa shape index (κ2) is 11.2. The molecule has 0 radical (unpaired) electrons. The number of carbonyl (C=O) groups excluding carboxylic acids is 2. The molecule has 2 amide bonds. The number of amides is 2. The molecule has 1 atom stereocenters. The van der Waals surface area contributed by atoms with Crippen molar-refractivity contribution >= 4 is 11.8 Å². The van der Waals surface area contributed by atoms with Crippen LogP contribution in [0.3, 0.4) is 0 Å². The molecule has 5 nitrogen and oxygen atoms in total. The third-order valence-corrected chi connectivity index (χ3v) is 4.78. The monoisotopic (exact) mass is 381 g/mol. The Balaban J connectivity index is 1.89. The summed E-state index contributed by atoms with van der Waals surface area (Å²) in [5.74, 6) is -0.236. The van der Waals surface area contributed by atoms with E-state index in [1.807, 2.05) is 30.3 Å². The summed E-state index contributed by atoms with van der Waals surface area (Å²) in [4.78, 5) is 26.3. The van der Waals surface area contributed by atoms with Gasteiger partial charge in [0.05, 0.1) is 12.5 Å². The zero-order valence-electron chi connectivity index (χ0n) is 17.1. The van der Waals surface area contributed by atoms with Crippen molar-refractivity contribution in [3.8, 4) is 0 Å². The molecular formula is C23H31N3O2. The van der Waals surface area contributed by atoms with E-state index in [0.717, 1.165) is 30.8 Å². The minimum Gasteiger partial charge on any atom is -0.352 e. The minimum atomic E-state index is -0.324. The van der Waals surface area contributed by atoms with Crippen LogP contribution >= 0.6 is 0 Å². The lowest BCUT2D eigenvalue weighted by atomic mass is 10.0. The maximum Gasteiger partial charge on any atom is 0.222 e. The maximum atomic E-state index is 12.4. The summed E-state index contributed by atoms with van der Waals surface area (Å²) in [6, 6.07) is 17.6. The van der Waals surface area contributed by atoms with Gasteiger partial charge in [0.15, 0.2) is 0 Å². The van der Waals surface area contributed by atoms with Crippen molar-refractivity contribution in [2.75, 3.05) is 13.1 Å². The normalized spacial score (nSPS) is 11.9. The zero-order valence-corrected chi connectivity index (χ0v) is 17.1. The van der Waals surface area contributed by atoms with Gasteiger partial charge in [-0.1, -0.05) is 68.4 Å². The molecule has 0 heterocycles. The summed E-state index contributed by atoms with van der Waals surface area (Å²) in [6.45, 7) is 9.28. The standard InChI is InChI=1S/C23H31N3O2/c1-4-26(5-2)17-20-13-11-19(12-14-20)16-24-23(28)15-22(25-18(3)27)21-9-7-6-8-10-21/h6-14,22H,4-5,15-17H2,1-3H3,(H,24,28)(H,25,27)/t22-/m0/s1. The molecule has 28 heavy (non-hydrogen) atoms. The van der Waals surface area contributed by atoms with Crippen LogP contribution in [0.4, 0.5) is 0 Å². The van der Waals surface area contributed by atoms with Gasteiger partial charge in [0.2, 0.25) is 11.8 Å². The summed E-state index contributed by atoms with van der Waals surface area (Å²) < 4.78 is 0. The summed E-state index contributed by atoms with van der Waals surface area (Å²) in [6.07, 6.45) is 0.212. The molecule has 0 saturated heterocycles. The van der Waals surface area contributed by atoms with Crippen LogP contribution < -0.4 is 10.6 Å². The van der Waals surface area contributed by atoms with Crippen molar-refractivity contribution in [3.05, 3.63) is 71.3 Å². The van der Waals surface area contributed by atoms with Gasteiger partial charge in [0, 0.05) is 20.0 Å². The fourth-order valence-electron chi connectivity index (χ4n) is 3.11. The summed E-state index contributed by atoms with van der Waals surface area (Å²) in [7, 11) is 0. The van der Waals surface area contributed by atoms with Crippen LogP contribution in [0.15, 0.2) is 54.6 Å². The fraction of sp³-hybridized carbons (Fsp3) is 0.391. The molecule has 0 fully saturated rings.